The van der Waals surface area contributed by atoms with Crippen LogP contribution in [0, 0.1) is 11.7 Å². The summed E-state index contributed by atoms with van der Waals surface area (Å²) >= 11 is 0. The highest BCUT2D eigenvalue weighted by molar-refractivity contribution is 6.39. The van der Waals surface area contributed by atoms with Crippen molar-refractivity contribution >= 4 is 29.1 Å². The van der Waals surface area contributed by atoms with E-state index in [0.717, 1.165) is 24.8 Å². The number of piperidine rings is 1. The maximum atomic E-state index is 13.0. The third-order valence-electron chi connectivity index (χ3n) is 5.40. The van der Waals surface area contributed by atoms with Gasteiger partial charge in [-0.05, 0) is 61.1 Å². The Bertz CT molecular complexity index is 969. The van der Waals surface area contributed by atoms with Crippen molar-refractivity contribution in [1.82, 2.24) is 4.90 Å². The maximum absolute atomic E-state index is 13.0. The van der Waals surface area contributed by atoms with Crippen LogP contribution < -0.4 is 15.4 Å². The number of likely N-dealkylation sites (tertiary alicyclic amines) is 1. The van der Waals surface area contributed by atoms with E-state index in [9.17, 15) is 18.8 Å². The van der Waals surface area contributed by atoms with Crippen LogP contribution in [0.15, 0.2) is 42.5 Å². The van der Waals surface area contributed by atoms with Crippen LogP contribution in [0.4, 0.5) is 15.8 Å². The number of rotatable bonds is 3. The molecule has 2 aliphatic rings. The summed E-state index contributed by atoms with van der Waals surface area (Å²) in [6.45, 7) is 0.965. The second-order valence-electron chi connectivity index (χ2n) is 7.57. The van der Waals surface area contributed by atoms with Crippen LogP contribution >= 0.6 is 0 Å². The molecule has 2 heterocycles. The lowest BCUT2D eigenvalue weighted by Crippen LogP contribution is -2.44. The van der Waals surface area contributed by atoms with Gasteiger partial charge in [-0.3, -0.25) is 14.4 Å². The number of benzene rings is 2. The summed E-state index contributed by atoms with van der Waals surface area (Å²) in [5.41, 5.74) is 1.93. The van der Waals surface area contributed by atoms with Gasteiger partial charge in [0.25, 0.3) is 5.91 Å². The van der Waals surface area contributed by atoms with Crippen molar-refractivity contribution in [3.63, 3.8) is 0 Å². The molecule has 2 aromatic rings. The van der Waals surface area contributed by atoms with Crippen molar-refractivity contribution in [3.05, 3.63) is 53.8 Å². The fourth-order valence-corrected chi connectivity index (χ4v) is 3.78. The fraction of sp³-hybridized carbons (Fsp3) is 0.318. The quantitative estimate of drug-likeness (QED) is 0.760. The molecule has 1 fully saturated rings. The first-order valence-electron chi connectivity index (χ1n) is 9.89. The van der Waals surface area contributed by atoms with E-state index in [1.807, 2.05) is 0 Å². The highest BCUT2D eigenvalue weighted by Crippen LogP contribution is 2.30. The van der Waals surface area contributed by atoms with E-state index in [0.29, 0.717) is 36.1 Å². The third kappa shape index (κ3) is 4.59. The number of nitrogens with one attached hydrogen (secondary N) is 2. The molecule has 2 N–H and O–H groups in total. The fourth-order valence-electron chi connectivity index (χ4n) is 3.78. The Labute approximate surface area is 173 Å². The number of fused-ring (bicyclic) bond motifs is 1. The molecule has 2 aromatic carbocycles. The number of carbonyl (C=O) groups excluding carboxylic acids is 3. The summed E-state index contributed by atoms with van der Waals surface area (Å²) < 4.78 is 18.3. The van der Waals surface area contributed by atoms with E-state index in [1.165, 1.54) is 12.1 Å². The Balaban J connectivity index is 1.29. The van der Waals surface area contributed by atoms with Crippen molar-refractivity contribution in [1.29, 1.82) is 0 Å². The number of nitrogens with zero attached hydrogens (tertiary/aromatic N) is 1. The first-order chi connectivity index (χ1) is 14.5. The van der Waals surface area contributed by atoms with E-state index in [-0.39, 0.29) is 18.3 Å². The number of hydrogen-bond acceptors (Lipinski definition) is 4. The molecule has 156 valence electrons. The molecular formula is C22H22FN3O4. The summed E-state index contributed by atoms with van der Waals surface area (Å²) in [6.07, 6.45) is 2.41. The Morgan fingerprint density at radius 1 is 1.13 bits per heavy atom. The van der Waals surface area contributed by atoms with Crippen LogP contribution in [0.25, 0.3) is 0 Å². The number of anilines is 2. The summed E-state index contributed by atoms with van der Waals surface area (Å²) in [5.74, 6) is -0.901. The van der Waals surface area contributed by atoms with Gasteiger partial charge in [0.1, 0.15) is 11.6 Å². The standard InChI is InChI=1S/C22H22FN3O4/c23-16-3-1-14(2-4-16)11-15-7-9-26(10-8-15)22(29)21(28)24-17-5-6-19-18(12-17)25-20(27)13-30-19/h1-6,12,15H,7-11,13H2,(H,24,28)(H,25,27). The summed E-state index contributed by atoms with van der Waals surface area (Å²) in [6, 6.07) is 11.3. The Morgan fingerprint density at radius 2 is 1.87 bits per heavy atom. The third-order valence-corrected chi connectivity index (χ3v) is 5.40. The summed E-state index contributed by atoms with van der Waals surface area (Å²) in [7, 11) is 0. The number of carbonyl (C=O) groups is 3. The van der Waals surface area contributed by atoms with E-state index >= 15 is 0 Å². The van der Waals surface area contributed by atoms with Gasteiger partial charge in [0.15, 0.2) is 6.61 Å². The molecule has 0 bridgehead atoms. The number of halogens is 1. The zero-order valence-corrected chi connectivity index (χ0v) is 16.3. The van der Waals surface area contributed by atoms with Crippen LogP contribution in [0.2, 0.25) is 0 Å². The zero-order valence-electron chi connectivity index (χ0n) is 16.3. The van der Waals surface area contributed by atoms with Crippen molar-refractivity contribution in [2.75, 3.05) is 30.3 Å². The van der Waals surface area contributed by atoms with E-state index in [2.05, 4.69) is 10.6 Å². The Hall–Kier alpha value is -3.42. The minimum absolute atomic E-state index is 0.0473. The van der Waals surface area contributed by atoms with Gasteiger partial charge in [-0.2, -0.15) is 0 Å². The van der Waals surface area contributed by atoms with Gasteiger partial charge >= 0.3 is 11.8 Å². The molecule has 0 unspecified atom stereocenters. The van der Waals surface area contributed by atoms with Crippen LogP contribution in [0.3, 0.4) is 0 Å². The molecule has 8 heteroatoms. The molecule has 0 atom stereocenters. The largest absolute Gasteiger partial charge is 0.482 e. The van der Waals surface area contributed by atoms with Gasteiger partial charge in [-0.15, -0.1) is 0 Å². The van der Waals surface area contributed by atoms with Crippen LogP contribution in [-0.4, -0.2) is 42.3 Å². The lowest BCUT2D eigenvalue weighted by atomic mass is 9.90. The van der Waals surface area contributed by atoms with E-state index < -0.39 is 11.8 Å². The Morgan fingerprint density at radius 3 is 2.60 bits per heavy atom. The van der Waals surface area contributed by atoms with Crippen molar-refractivity contribution in [2.24, 2.45) is 5.92 Å². The predicted octanol–water partition coefficient (Wildman–Crippen LogP) is 2.58. The molecule has 0 aromatic heterocycles. The molecule has 0 saturated carbocycles. The lowest BCUT2D eigenvalue weighted by molar-refractivity contribution is -0.144. The zero-order chi connectivity index (χ0) is 21.1. The molecule has 30 heavy (non-hydrogen) atoms. The van der Waals surface area contributed by atoms with Gasteiger partial charge in [0.05, 0.1) is 5.69 Å². The average Bonchev–Trinajstić information content (AvgIpc) is 2.75. The van der Waals surface area contributed by atoms with Crippen LogP contribution in [0.5, 0.6) is 5.75 Å². The monoisotopic (exact) mass is 411 g/mol. The predicted molar refractivity (Wildman–Crippen MR) is 109 cm³/mol. The number of ether oxygens (including phenoxy) is 1. The van der Waals surface area contributed by atoms with Crippen LogP contribution in [0.1, 0.15) is 18.4 Å². The summed E-state index contributed by atoms with van der Waals surface area (Å²) in [5, 5.41) is 5.25. The molecule has 0 spiro atoms. The van der Waals surface area contributed by atoms with Gasteiger partial charge in [-0.25, -0.2) is 4.39 Å². The molecule has 7 nitrogen and oxygen atoms in total. The summed E-state index contributed by atoms with van der Waals surface area (Å²) in [4.78, 5) is 37.9. The van der Waals surface area contributed by atoms with Gasteiger partial charge < -0.3 is 20.3 Å². The first-order valence-corrected chi connectivity index (χ1v) is 9.89. The molecular weight excluding hydrogens is 389 g/mol. The highest BCUT2D eigenvalue weighted by atomic mass is 19.1. The molecule has 4 rings (SSSR count). The first kappa shape index (κ1) is 19.9. The maximum Gasteiger partial charge on any atom is 0.313 e. The van der Waals surface area contributed by atoms with E-state index in [1.54, 1.807) is 35.2 Å². The minimum Gasteiger partial charge on any atom is -0.482 e. The van der Waals surface area contributed by atoms with E-state index in [4.69, 9.17) is 4.74 Å². The van der Waals surface area contributed by atoms with Crippen molar-refractivity contribution in [2.45, 2.75) is 19.3 Å². The molecule has 3 amide bonds. The van der Waals surface area contributed by atoms with Crippen LogP contribution in [-0.2, 0) is 20.8 Å². The smallest absolute Gasteiger partial charge is 0.313 e. The van der Waals surface area contributed by atoms with Crippen molar-refractivity contribution in [3.8, 4) is 5.75 Å². The second-order valence-corrected chi connectivity index (χ2v) is 7.57. The normalized spacial score (nSPS) is 16.3. The SMILES string of the molecule is O=C1COc2ccc(NC(=O)C(=O)N3CCC(Cc4ccc(F)cc4)CC3)cc2N1. The average molecular weight is 411 g/mol. The molecule has 0 aliphatic carbocycles. The number of amides is 3. The molecule has 1 saturated heterocycles. The highest BCUT2D eigenvalue weighted by Gasteiger charge is 2.27. The second kappa shape index (κ2) is 8.52. The molecule has 2 aliphatic heterocycles. The lowest BCUT2D eigenvalue weighted by Gasteiger charge is -2.31. The van der Waals surface area contributed by atoms with Crippen molar-refractivity contribution < 1.29 is 23.5 Å². The topological polar surface area (TPSA) is 87.7 Å². The minimum atomic E-state index is -0.713. The van der Waals surface area contributed by atoms with Gasteiger partial charge in [0.2, 0.25) is 0 Å². The number of hydrogen-bond donors (Lipinski definition) is 2. The molecule has 0 radical (unpaired) electrons. The van der Waals surface area contributed by atoms with Gasteiger partial charge in [0, 0.05) is 18.8 Å². The van der Waals surface area contributed by atoms with Gasteiger partial charge in [-0.1, -0.05) is 12.1 Å². The Kier molecular flexibility index (Phi) is 5.65.